The second-order valence-corrected chi connectivity index (χ2v) is 6.67. The Morgan fingerprint density at radius 2 is 1.86 bits per heavy atom. The van der Waals surface area contributed by atoms with Gasteiger partial charge in [-0.2, -0.15) is 0 Å². The SMILES string of the molecule is O=C(O)c1c(Cl)ccc(Cl)c1NC(=O)C1CC2CCC1C2. The van der Waals surface area contributed by atoms with Gasteiger partial charge in [-0.3, -0.25) is 4.79 Å². The lowest BCUT2D eigenvalue weighted by Crippen LogP contribution is -2.28. The monoisotopic (exact) mass is 327 g/mol. The first-order valence-corrected chi connectivity index (χ1v) is 7.75. The maximum absolute atomic E-state index is 12.4. The van der Waals surface area contributed by atoms with Gasteiger partial charge in [-0.05, 0) is 43.2 Å². The van der Waals surface area contributed by atoms with E-state index in [1.165, 1.54) is 18.6 Å². The Kier molecular flexibility index (Phi) is 3.84. The van der Waals surface area contributed by atoms with Gasteiger partial charge in [0.15, 0.2) is 0 Å². The highest BCUT2D eigenvalue weighted by atomic mass is 35.5. The van der Waals surface area contributed by atoms with E-state index in [4.69, 9.17) is 23.2 Å². The molecule has 6 heteroatoms. The minimum atomic E-state index is -1.20. The van der Waals surface area contributed by atoms with Crippen LogP contribution in [-0.4, -0.2) is 17.0 Å². The number of nitrogens with one attached hydrogen (secondary N) is 1. The van der Waals surface area contributed by atoms with Crippen molar-refractivity contribution in [2.45, 2.75) is 25.7 Å². The number of carbonyl (C=O) groups is 2. The lowest BCUT2D eigenvalue weighted by Gasteiger charge is -2.21. The summed E-state index contributed by atoms with van der Waals surface area (Å²) in [6.07, 6.45) is 4.27. The van der Waals surface area contributed by atoms with E-state index in [2.05, 4.69) is 5.32 Å². The molecule has 0 aromatic heterocycles. The highest BCUT2D eigenvalue weighted by molar-refractivity contribution is 6.38. The Bertz CT molecular complexity index is 617. The zero-order valence-electron chi connectivity index (χ0n) is 11.2. The third-order valence-electron chi connectivity index (χ3n) is 4.64. The van der Waals surface area contributed by atoms with Gasteiger partial charge >= 0.3 is 5.97 Å². The number of anilines is 1. The predicted octanol–water partition coefficient (Wildman–Crippen LogP) is 4.07. The number of hydrogen-bond donors (Lipinski definition) is 2. The summed E-state index contributed by atoms with van der Waals surface area (Å²) in [5, 5.41) is 12.2. The standard InChI is InChI=1S/C15H15Cl2NO3/c16-10-3-4-11(17)13(12(10)15(20)21)18-14(19)9-6-7-1-2-8(9)5-7/h3-4,7-9H,1-2,5-6H2,(H,18,19)(H,20,21). The molecule has 112 valence electrons. The molecule has 1 aromatic rings. The zero-order valence-corrected chi connectivity index (χ0v) is 12.7. The number of amides is 1. The van der Waals surface area contributed by atoms with Gasteiger partial charge in [0, 0.05) is 5.92 Å². The highest BCUT2D eigenvalue weighted by Crippen LogP contribution is 2.48. The number of carbonyl (C=O) groups excluding carboxylic acids is 1. The van der Waals surface area contributed by atoms with Crippen LogP contribution in [0.25, 0.3) is 0 Å². The number of rotatable bonds is 3. The molecule has 0 radical (unpaired) electrons. The number of halogens is 2. The lowest BCUT2D eigenvalue weighted by molar-refractivity contribution is -0.121. The summed E-state index contributed by atoms with van der Waals surface area (Å²) in [7, 11) is 0. The molecule has 3 rings (SSSR count). The molecule has 0 spiro atoms. The molecule has 3 unspecified atom stereocenters. The molecule has 0 saturated heterocycles. The molecule has 0 heterocycles. The normalized spacial score (nSPS) is 26.9. The van der Waals surface area contributed by atoms with Gasteiger partial charge in [-0.15, -0.1) is 0 Å². The van der Waals surface area contributed by atoms with Crippen LogP contribution in [0, 0.1) is 17.8 Å². The summed E-state index contributed by atoms with van der Waals surface area (Å²) in [5.74, 6) is -0.333. The van der Waals surface area contributed by atoms with Crippen molar-refractivity contribution in [2.24, 2.45) is 17.8 Å². The molecule has 0 aliphatic heterocycles. The summed E-state index contributed by atoms with van der Waals surface area (Å²) in [6.45, 7) is 0. The maximum atomic E-state index is 12.4. The van der Waals surface area contributed by atoms with Crippen molar-refractivity contribution in [2.75, 3.05) is 5.32 Å². The van der Waals surface area contributed by atoms with Crippen molar-refractivity contribution in [3.8, 4) is 0 Å². The highest BCUT2D eigenvalue weighted by Gasteiger charge is 2.43. The van der Waals surface area contributed by atoms with Crippen molar-refractivity contribution >= 4 is 40.8 Å². The third kappa shape index (κ3) is 2.62. The summed E-state index contributed by atoms with van der Waals surface area (Å²) < 4.78 is 0. The zero-order chi connectivity index (χ0) is 15.1. The Hall–Kier alpha value is -1.26. The second-order valence-electron chi connectivity index (χ2n) is 5.85. The number of aromatic carboxylic acids is 1. The van der Waals surface area contributed by atoms with Crippen LogP contribution in [0.4, 0.5) is 5.69 Å². The molecule has 2 saturated carbocycles. The van der Waals surface area contributed by atoms with E-state index in [0.717, 1.165) is 19.3 Å². The van der Waals surface area contributed by atoms with Crippen LogP contribution < -0.4 is 5.32 Å². The van der Waals surface area contributed by atoms with Crippen LogP contribution in [0.2, 0.25) is 10.0 Å². The molecule has 1 amide bonds. The van der Waals surface area contributed by atoms with E-state index in [1.807, 2.05) is 0 Å². The van der Waals surface area contributed by atoms with E-state index in [0.29, 0.717) is 11.8 Å². The average molecular weight is 328 g/mol. The Labute approximate surface area is 132 Å². The van der Waals surface area contributed by atoms with E-state index in [1.54, 1.807) is 0 Å². The van der Waals surface area contributed by atoms with Crippen LogP contribution in [0.3, 0.4) is 0 Å². The van der Waals surface area contributed by atoms with Crippen molar-refractivity contribution in [3.63, 3.8) is 0 Å². The Balaban J connectivity index is 1.86. The van der Waals surface area contributed by atoms with Gasteiger partial charge in [0.25, 0.3) is 0 Å². The molecular formula is C15H15Cl2NO3. The number of hydrogen-bond acceptors (Lipinski definition) is 2. The first-order chi connectivity index (χ1) is 9.97. The predicted molar refractivity (Wildman–Crippen MR) is 81.0 cm³/mol. The summed E-state index contributed by atoms with van der Waals surface area (Å²) in [6, 6.07) is 2.91. The summed E-state index contributed by atoms with van der Waals surface area (Å²) in [4.78, 5) is 23.8. The van der Waals surface area contributed by atoms with Crippen LogP contribution in [-0.2, 0) is 4.79 Å². The first-order valence-electron chi connectivity index (χ1n) is 6.99. The third-order valence-corrected chi connectivity index (χ3v) is 5.27. The number of fused-ring (bicyclic) bond motifs is 2. The van der Waals surface area contributed by atoms with Gasteiger partial charge in [0.05, 0.1) is 15.7 Å². The summed E-state index contributed by atoms with van der Waals surface area (Å²) in [5.41, 5.74) is -0.0508. The largest absolute Gasteiger partial charge is 0.478 e. The van der Waals surface area contributed by atoms with Crippen LogP contribution in [0.1, 0.15) is 36.0 Å². The van der Waals surface area contributed by atoms with Gasteiger partial charge in [0.1, 0.15) is 5.56 Å². The maximum Gasteiger partial charge on any atom is 0.339 e. The van der Waals surface area contributed by atoms with E-state index < -0.39 is 5.97 Å². The van der Waals surface area contributed by atoms with E-state index in [9.17, 15) is 14.7 Å². The topological polar surface area (TPSA) is 66.4 Å². The molecule has 1 aromatic carbocycles. The fourth-order valence-corrected chi connectivity index (χ4v) is 4.11. The first kappa shape index (κ1) is 14.7. The Morgan fingerprint density at radius 3 is 2.43 bits per heavy atom. The molecule has 3 atom stereocenters. The van der Waals surface area contributed by atoms with Crippen molar-refractivity contribution in [3.05, 3.63) is 27.7 Å². The van der Waals surface area contributed by atoms with Gasteiger partial charge in [-0.1, -0.05) is 29.6 Å². The average Bonchev–Trinajstić information content (AvgIpc) is 3.05. The molecule has 2 bridgehead atoms. The molecule has 2 N–H and O–H groups in total. The number of carboxylic acids is 1. The van der Waals surface area contributed by atoms with Gasteiger partial charge in [-0.25, -0.2) is 4.79 Å². The summed E-state index contributed by atoms with van der Waals surface area (Å²) >= 11 is 12.0. The Morgan fingerprint density at radius 1 is 1.14 bits per heavy atom. The van der Waals surface area contributed by atoms with E-state index in [-0.39, 0.29) is 33.1 Å². The minimum Gasteiger partial charge on any atom is -0.478 e. The quantitative estimate of drug-likeness (QED) is 0.879. The molecular weight excluding hydrogens is 313 g/mol. The van der Waals surface area contributed by atoms with E-state index >= 15 is 0 Å². The fourth-order valence-electron chi connectivity index (χ4n) is 3.66. The van der Waals surface area contributed by atoms with Crippen molar-refractivity contribution < 1.29 is 14.7 Å². The van der Waals surface area contributed by atoms with Crippen molar-refractivity contribution in [1.82, 2.24) is 0 Å². The molecule has 4 nitrogen and oxygen atoms in total. The fraction of sp³-hybridized carbons (Fsp3) is 0.467. The second kappa shape index (κ2) is 5.50. The lowest BCUT2D eigenvalue weighted by atomic mass is 9.88. The van der Waals surface area contributed by atoms with Crippen LogP contribution in [0.5, 0.6) is 0 Å². The molecule has 2 aliphatic carbocycles. The number of carboxylic acid groups (broad SMARTS) is 1. The van der Waals surface area contributed by atoms with Crippen molar-refractivity contribution in [1.29, 1.82) is 0 Å². The molecule has 2 aliphatic rings. The van der Waals surface area contributed by atoms with Crippen LogP contribution in [0.15, 0.2) is 12.1 Å². The number of benzene rings is 1. The van der Waals surface area contributed by atoms with Gasteiger partial charge < -0.3 is 10.4 Å². The molecule has 2 fully saturated rings. The van der Waals surface area contributed by atoms with Gasteiger partial charge in [0.2, 0.25) is 5.91 Å². The van der Waals surface area contributed by atoms with Crippen LogP contribution >= 0.6 is 23.2 Å². The minimum absolute atomic E-state index is 0.0413. The smallest absolute Gasteiger partial charge is 0.339 e. The molecule has 21 heavy (non-hydrogen) atoms.